The fourth-order valence-corrected chi connectivity index (χ4v) is 3.37. The van der Waals surface area contributed by atoms with Crippen LogP contribution in [0, 0.1) is 0 Å². The smallest absolute Gasteiger partial charge is 0.238 e. The maximum atomic E-state index is 12.3. The van der Waals surface area contributed by atoms with E-state index >= 15 is 0 Å². The fourth-order valence-electron chi connectivity index (χ4n) is 3.37. The van der Waals surface area contributed by atoms with E-state index < -0.39 is 0 Å². The summed E-state index contributed by atoms with van der Waals surface area (Å²) in [6, 6.07) is 15.9. The van der Waals surface area contributed by atoms with Gasteiger partial charge in [0.05, 0.1) is 6.54 Å². The van der Waals surface area contributed by atoms with Crippen LogP contribution in [0.3, 0.4) is 0 Å². The van der Waals surface area contributed by atoms with Gasteiger partial charge in [0.25, 0.3) is 0 Å². The summed E-state index contributed by atoms with van der Waals surface area (Å²) < 4.78 is 0. The maximum Gasteiger partial charge on any atom is 0.238 e. The van der Waals surface area contributed by atoms with Crippen molar-refractivity contribution in [2.24, 2.45) is 0 Å². The van der Waals surface area contributed by atoms with Crippen molar-refractivity contribution in [3.05, 3.63) is 59.7 Å². The number of nitrogens with one attached hydrogen (secondary N) is 2. The molecule has 2 aromatic rings. The Morgan fingerprint density at radius 2 is 1.68 bits per heavy atom. The molecule has 2 N–H and O–H groups in total. The maximum absolute atomic E-state index is 12.3. The van der Waals surface area contributed by atoms with Gasteiger partial charge >= 0.3 is 0 Å². The highest BCUT2D eigenvalue weighted by Gasteiger charge is 2.26. The van der Waals surface area contributed by atoms with Crippen LogP contribution in [-0.2, 0) is 16.0 Å². The first kappa shape index (κ1) is 17.2. The molecule has 0 unspecified atom stereocenters. The fraction of sp³-hybridized carbons (Fsp3) is 0.300. The average molecular weight is 337 g/mol. The van der Waals surface area contributed by atoms with Gasteiger partial charge in [-0.2, -0.15) is 0 Å². The number of hydrogen-bond acceptors (Lipinski definition) is 3. The Balaban J connectivity index is 1.56. The minimum absolute atomic E-state index is 0.0424. The van der Waals surface area contributed by atoms with Gasteiger partial charge in [-0.15, -0.1) is 0 Å². The number of fused-ring (bicyclic) bond motifs is 1. The van der Waals surface area contributed by atoms with E-state index in [1.807, 2.05) is 7.05 Å². The van der Waals surface area contributed by atoms with E-state index in [1.165, 1.54) is 18.1 Å². The topological polar surface area (TPSA) is 61.4 Å². The molecule has 2 amide bonds. The zero-order valence-corrected chi connectivity index (χ0v) is 14.6. The molecular weight excluding hydrogens is 314 g/mol. The first-order valence-electron chi connectivity index (χ1n) is 8.48. The van der Waals surface area contributed by atoms with Gasteiger partial charge in [-0.05, 0) is 55.3 Å². The van der Waals surface area contributed by atoms with Gasteiger partial charge in [-0.25, -0.2) is 0 Å². The molecule has 0 aliphatic heterocycles. The Morgan fingerprint density at radius 1 is 1.04 bits per heavy atom. The Labute approximate surface area is 148 Å². The van der Waals surface area contributed by atoms with Crippen LogP contribution in [0.25, 0.3) is 0 Å². The highest BCUT2D eigenvalue weighted by molar-refractivity contribution is 5.93. The van der Waals surface area contributed by atoms with Crippen LogP contribution < -0.4 is 10.6 Å². The number of likely N-dealkylation sites (N-methyl/N-ethyl adjacent to an activating group) is 1. The Bertz CT molecular complexity index is 771. The summed E-state index contributed by atoms with van der Waals surface area (Å²) in [5.74, 6) is -0.158. The van der Waals surface area contributed by atoms with Crippen LogP contribution in [-0.4, -0.2) is 30.3 Å². The van der Waals surface area contributed by atoms with E-state index in [2.05, 4.69) is 39.8 Å². The molecular formula is C20H23N3O2. The Hall–Kier alpha value is -2.66. The summed E-state index contributed by atoms with van der Waals surface area (Å²) >= 11 is 0. The molecule has 2 aromatic carbocycles. The monoisotopic (exact) mass is 337 g/mol. The molecule has 3 rings (SSSR count). The molecule has 0 saturated heterocycles. The first-order chi connectivity index (χ1) is 12.0. The number of aryl methyl sites for hydroxylation is 1. The molecule has 1 atom stereocenters. The lowest BCUT2D eigenvalue weighted by Crippen LogP contribution is -2.32. The quantitative estimate of drug-likeness (QED) is 0.881. The molecule has 0 saturated carbocycles. The van der Waals surface area contributed by atoms with Gasteiger partial charge in [0.2, 0.25) is 11.8 Å². The Morgan fingerprint density at radius 3 is 2.36 bits per heavy atom. The van der Waals surface area contributed by atoms with Crippen molar-refractivity contribution < 1.29 is 9.59 Å². The van der Waals surface area contributed by atoms with Crippen LogP contribution in [0.2, 0.25) is 0 Å². The number of rotatable bonds is 5. The zero-order valence-electron chi connectivity index (χ0n) is 14.6. The third-order valence-corrected chi connectivity index (χ3v) is 4.52. The summed E-state index contributed by atoms with van der Waals surface area (Å²) in [5.41, 5.74) is 4.15. The summed E-state index contributed by atoms with van der Waals surface area (Å²) in [6.45, 7) is 1.80. The van der Waals surface area contributed by atoms with Gasteiger partial charge in [-0.3, -0.25) is 14.5 Å². The molecule has 1 aliphatic rings. The van der Waals surface area contributed by atoms with Crippen molar-refractivity contribution >= 4 is 23.2 Å². The number of hydrogen-bond donors (Lipinski definition) is 2. The number of carbonyl (C=O) groups is 2. The van der Waals surface area contributed by atoms with Gasteiger partial charge < -0.3 is 10.6 Å². The lowest BCUT2D eigenvalue weighted by atomic mass is 10.1. The molecule has 0 aromatic heterocycles. The van der Waals surface area contributed by atoms with Crippen molar-refractivity contribution in [1.82, 2.24) is 4.90 Å². The molecule has 5 nitrogen and oxygen atoms in total. The average Bonchev–Trinajstić information content (AvgIpc) is 3.00. The number of carbonyl (C=O) groups excluding carboxylic acids is 2. The van der Waals surface area contributed by atoms with E-state index in [1.54, 1.807) is 24.3 Å². The van der Waals surface area contributed by atoms with Crippen molar-refractivity contribution in [2.45, 2.75) is 25.8 Å². The van der Waals surface area contributed by atoms with Gasteiger partial charge in [0, 0.05) is 24.3 Å². The third-order valence-electron chi connectivity index (χ3n) is 4.52. The normalized spacial score (nSPS) is 15.7. The van der Waals surface area contributed by atoms with Gasteiger partial charge in [0.15, 0.2) is 0 Å². The highest BCUT2D eigenvalue weighted by atomic mass is 16.2. The second-order valence-electron chi connectivity index (χ2n) is 6.48. The minimum atomic E-state index is -0.116. The predicted octanol–water partition coefficient (Wildman–Crippen LogP) is 3.20. The van der Waals surface area contributed by atoms with Gasteiger partial charge in [-0.1, -0.05) is 24.3 Å². The van der Waals surface area contributed by atoms with Crippen LogP contribution in [0.5, 0.6) is 0 Å². The number of benzene rings is 2. The number of amides is 2. The van der Waals surface area contributed by atoms with Crippen molar-refractivity contribution in [3.63, 3.8) is 0 Å². The van der Waals surface area contributed by atoms with Crippen LogP contribution >= 0.6 is 0 Å². The third kappa shape index (κ3) is 4.25. The number of anilines is 2. The van der Waals surface area contributed by atoms with E-state index in [4.69, 9.17) is 0 Å². The standard InChI is InChI=1S/C20H23N3O2/c1-14(24)21-16-8-10-17(11-9-16)22-20(25)13-23(2)19-12-7-15-5-3-4-6-18(15)19/h3-6,8-11,19H,7,12-13H2,1-2H3,(H,21,24)(H,22,25)/t19-/m1/s1. The van der Waals surface area contributed by atoms with Crippen molar-refractivity contribution in [2.75, 3.05) is 24.2 Å². The van der Waals surface area contributed by atoms with Crippen LogP contribution in [0.1, 0.15) is 30.5 Å². The predicted molar refractivity (Wildman–Crippen MR) is 99.5 cm³/mol. The zero-order chi connectivity index (χ0) is 17.8. The number of nitrogens with zero attached hydrogens (tertiary/aromatic N) is 1. The van der Waals surface area contributed by atoms with E-state index in [0.717, 1.165) is 18.5 Å². The molecule has 5 heteroatoms. The van der Waals surface area contributed by atoms with Crippen LogP contribution in [0.15, 0.2) is 48.5 Å². The second-order valence-corrected chi connectivity index (χ2v) is 6.48. The Kier molecular flexibility index (Phi) is 5.14. The molecule has 0 heterocycles. The van der Waals surface area contributed by atoms with E-state index in [9.17, 15) is 9.59 Å². The molecule has 0 spiro atoms. The second kappa shape index (κ2) is 7.49. The lowest BCUT2D eigenvalue weighted by Gasteiger charge is -2.24. The summed E-state index contributed by atoms with van der Waals surface area (Å²) in [4.78, 5) is 25.5. The van der Waals surface area contributed by atoms with E-state index in [0.29, 0.717) is 18.3 Å². The lowest BCUT2D eigenvalue weighted by molar-refractivity contribution is -0.117. The molecule has 0 bridgehead atoms. The molecule has 25 heavy (non-hydrogen) atoms. The molecule has 130 valence electrons. The molecule has 0 fully saturated rings. The first-order valence-corrected chi connectivity index (χ1v) is 8.48. The SMILES string of the molecule is CC(=O)Nc1ccc(NC(=O)CN(C)[C@@H]2CCc3ccccc32)cc1. The largest absolute Gasteiger partial charge is 0.326 e. The minimum Gasteiger partial charge on any atom is -0.326 e. The van der Waals surface area contributed by atoms with Crippen molar-refractivity contribution in [3.8, 4) is 0 Å². The van der Waals surface area contributed by atoms with Crippen molar-refractivity contribution in [1.29, 1.82) is 0 Å². The summed E-state index contributed by atoms with van der Waals surface area (Å²) in [5, 5.41) is 5.61. The highest BCUT2D eigenvalue weighted by Crippen LogP contribution is 2.34. The summed E-state index contributed by atoms with van der Waals surface area (Å²) in [7, 11) is 1.99. The molecule has 1 aliphatic carbocycles. The molecule has 0 radical (unpaired) electrons. The summed E-state index contributed by atoms with van der Waals surface area (Å²) in [6.07, 6.45) is 2.12. The van der Waals surface area contributed by atoms with Gasteiger partial charge in [0.1, 0.15) is 0 Å². The van der Waals surface area contributed by atoms with E-state index in [-0.39, 0.29) is 11.8 Å². The van der Waals surface area contributed by atoms with Crippen LogP contribution in [0.4, 0.5) is 11.4 Å².